The highest BCUT2D eigenvalue weighted by atomic mass is 32.2. The fourth-order valence-corrected chi connectivity index (χ4v) is 5.46. The number of benzene rings is 1. The van der Waals surface area contributed by atoms with Gasteiger partial charge < -0.3 is 0 Å². The lowest BCUT2D eigenvalue weighted by Gasteiger charge is -2.23. The molecule has 1 aliphatic heterocycles. The Labute approximate surface area is 155 Å². The van der Waals surface area contributed by atoms with Gasteiger partial charge >= 0.3 is 10.2 Å². The molecule has 1 heterocycles. The molecule has 2 rings (SSSR count). The van der Waals surface area contributed by atoms with E-state index in [1.54, 1.807) is 12.1 Å². The molecule has 7 nitrogen and oxygen atoms in total. The third-order valence-corrected chi connectivity index (χ3v) is 7.84. The first-order chi connectivity index (χ1) is 12.1. The highest BCUT2D eigenvalue weighted by Crippen LogP contribution is 2.30. The van der Waals surface area contributed by atoms with Gasteiger partial charge in [0.15, 0.2) is 0 Å². The molecule has 0 aromatic heterocycles. The van der Waals surface area contributed by atoms with Gasteiger partial charge in [-0.25, -0.2) is 18.4 Å². The molecule has 0 saturated carbocycles. The largest absolute Gasteiger partial charge is 0.329 e. The quantitative estimate of drug-likeness (QED) is 0.402. The van der Waals surface area contributed by atoms with Crippen LogP contribution in [0.3, 0.4) is 0 Å². The molecule has 0 bridgehead atoms. The minimum Gasteiger partial charge on any atom is -0.272 e. The Balaban J connectivity index is 2.23. The van der Waals surface area contributed by atoms with Crippen molar-refractivity contribution >= 4 is 36.0 Å². The zero-order valence-corrected chi connectivity index (χ0v) is 17.5. The predicted octanol–water partition coefficient (Wildman–Crippen LogP) is 2.10. The Hall–Kier alpha value is -1.96. The van der Waals surface area contributed by atoms with Gasteiger partial charge in [-0.05, 0) is 36.6 Å². The summed E-state index contributed by atoms with van der Waals surface area (Å²) < 4.78 is 27.9. The Bertz CT molecular complexity index is 842. The van der Waals surface area contributed by atoms with E-state index in [-0.39, 0.29) is 19.0 Å². The standard InChI is InChI=1S/C17H25N3O4SSi/c1-14-11-15(7-8-18-13-21)5-6-16(14)20-12-17(22)19(25(20,23)24)9-10-26(2,3)4/h5-6,11H,7-10,12H2,1-4H3. The number of isocyanates is 1. The summed E-state index contributed by atoms with van der Waals surface area (Å²) in [5.74, 6) is -0.382. The molecule has 0 unspecified atom stereocenters. The van der Waals surface area contributed by atoms with E-state index in [4.69, 9.17) is 0 Å². The average Bonchev–Trinajstić information content (AvgIpc) is 2.74. The average molecular weight is 396 g/mol. The van der Waals surface area contributed by atoms with Crippen molar-refractivity contribution in [2.45, 2.75) is 39.0 Å². The Kier molecular flexibility index (Phi) is 6.05. The molecular formula is C17H25N3O4SSi. The third-order valence-electron chi connectivity index (χ3n) is 4.29. The number of anilines is 1. The minimum absolute atomic E-state index is 0.163. The van der Waals surface area contributed by atoms with Gasteiger partial charge in [0, 0.05) is 14.6 Å². The molecule has 0 radical (unpaired) electrons. The van der Waals surface area contributed by atoms with E-state index in [0.29, 0.717) is 18.7 Å². The number of aryl methyl sites for hydroxylation is 1. The summed E-state index contributed by atoms with van der Waals surface area (Å²) in [6, 6.07) is 6.11. The summed E-state index contributed by atoms with van der Waals surface area (Å²) in [5, 5.41) is 0. The van der Waals surface area contributed by atoms with Crippen LogP contribution in [0, 0.1) is 6.92 Å². The summed E-state index contributed by atoms with van der Waals surface area (Å²) in [6.45, 7) is 8.68. The summed E-state index contributed by atoms with van der Waals surface area (Å²) in [6.07, 6.45) is 2.07. The summed E-state index contributed by atoms with van der Waals surface area (Å²) >= 11 is 0. The number of nitrogens with zero attached hydrogens (tertiary/aromatic N) is 3. The van der Waals surface area contributed by atoms with Crippen molar-refractivity contribution in [3.8, 4) is 0 Å². The minimum atomic E-state index is -3.84. The summed E-state index contributed by atoms with van der Waals surface area (Å²) in [5.41, 5.74) is 2.22. The number of carbonyl (C=O) groups is 1. The van der Waals surface area contributed by atoms with E-state index in [1.165, 1.54) is 10.4 Å². The van der Waals surface area contributed by atoms with Crippen molar-refractivity contribution in [2.24, 2.45) is 4.99 Å². The molecule has 1 amide bonds. The lowest BCUT2D eigenvalue weighted by atomic mass is 10.1. The molecule has 1 saturated heterocycles. The molecular weight excluding hydrogens is 370 g/mol. The normalized spacial score (nSPS) is 16.7. The van der Waals surface area contributed by atoms with E-state index in [2.05, 4.69) is 24.6 Å². The number of amides is 1. The fraction of sp³-hybridized carbons (Fsp3) is 0.529. The van der Waals surface area contributed by atoms with E-state index in [9.17, 15) is 18.0 Å². The number of carbonyl (C=O) groups excluding carboxylic acids is 2. The third kappa shape index (κ3) is 4.60. The van der Waals surface area contributed by atoms with Crippen LogP contribution < -0.4 is 4.31 Å². The number of hydrogen-bond donors (Lipinski definition) is 0. The van der Waals surface area contributed by atoms with Crippen molar-refractivity contribution < 1.29 is 18.0 Å². The highest BCUT2D eigenvalue weighted by molar-refractivity contribution is 7.91. The molecule has 142 valence electrons. The second-order valence-corrected chi connectivity index (χ2v) is 15.0. The molecule has 1 aliphatic rings. The molecule has 0 aliphatic carbocycles. The van der Waals surface area contributed by atoms with Gasteiger partial charge in [0.2, 0.25) is 6.08 Å². The molecule has 0 spiro atoms. The maximum absolute atomic E-state index is 12.9. The second-order valence-electron chi connectivity index (χ2n) is 7.63. The maximum atomic E-state index is 12.9. The molecule has 9 heteroatoms. The van der Waals surface area contributed by atoms with Crippen LogP contribution in [-0.4, -0.2) is 52.4 Å². The molecule has 1 aromatic rings. The van der Waals surface area contributed by atoms with Crippen LogP contribution in [0.25, 0.3) is 0 Å². The van der Waals surface area contributed by atoms with Crippen LogP contribution in [0.2, 0.25) is 25.7 Å². The van der Waals surface area contributed by atoms with Crippen LogP contribution >= 0.6 is 0 Å². The molecule has 1 fully saturated rings. The topological polar surface area (TPSA) is 87.1 Å². The van der Waals surface area contributed by atoms with Crippen molar-refractivity contribution in [1.29, 1.82) is 0 Å². The van der Waals surface area contributed by atoms with Gasteiger partial charge in [0.05, 0.1) is 12.2 Å². The van der Waals surface area contributed by atoms with Gasteiger partial charge in [-0.2, -0.15) is 8.42 Å². The van der Waals surface area contributed by atoms with Crippen LogP contribution in [0.1, 0.15) is 11.1 Å². The van der Waals surface area contributed by atoms with E-state index >= 15 is 0 Å². The monoisotopic (exact) mass is 395 g/mol. The van der Waals surface area contributed by atoms with Crippen LogP contribution in [-0.2, 0) is 26.2 Å². The lowest BCUT2D eigenvalue weighted by molar-refractivity contribution is -0.123. The molecule has 1 aromatic carbocycles. The van der Waals surface area contributed by atoms with Crippen molar-refractivity contribution in [3.05, 3.63) is 29.3 Å². The van der Waals surface area contributed by atoms with Crippen molar-refractivity contribution in [1.82, 2.24) is 4.31 Å². The first kappa shape index (κ1) is 20.4. The van der Waals surface area contributed by atoms with Gasteiger partial charge in [-0.15, -0.1) is 0 Å². The Morgan fingerprint density at radius 2 is 1.96 bits per heavy atom. The van der Waals surface area contributed by atoms with Crippen LogP contribution in [0.4, 0.5) is 5.69 Å². The van der Waals surface area contributed by atoms with Crippen molar-refractivity contribution in [2.75, 3.05) is 23.9 Å². The van der Waals surface area contributed by atoms with E-state index in [1.807, 2.05) is 13.0 Å². The Morgan fingerprint density at radius 1 is 1.27 bits per heavy atom. The predicted molar refractivity (Wildman–Crippen MR) is 104 cm³/mol. The second kappa shape index (κ2) is 7.73. The van der Waals surface area contributed by atoms with Crippen molar-refractivity contribution in [3.63, 3.8) is 0 Å². The first-order valence-electron chi connectivity index (χ1n) is 8.52. The van der Waals surface area contributed by atoms with Gasteiger partial charge in [-0.1, -0.05) is 31.8 Å². The molecule has 26 heavy (non-hydrogen) atoms. The molecule has 0 N–H and O–H groups in total. The van der Waals surface area contributed by atoms with E-state index < -0.39 is 18.3 Å². The zero-order chi connectivity index (χ0) is 19.5. The maximum Gasteiger partial charge on any atom is 0.329 e. The SMILES string of the molecule is Cc1cc(CCN=C=O)ccc1N1CC(=O)N(CC[Si](C)(C)C)S1(=O)=O. The van der Waals surface area contributed by atoms with Gasteiger partial charge in [0.1, 0.15) is 6.54 Å². The fourth-order valence-electron chi connectivity index (χ4n) is 2.80. The van der Waals surface area contributed by atoms with Gasteiger partial charge in [0.25, 0.3) is 5.91 Å². The van der Waals surface area contributed by atoms with Gasteiger partial charge in [-0.3, -0.25) is 4.79 Å². The Morgan fingerprint density at radius 3 is 2.54 bits per heavy atom. The highest BCUT2D eigenvalue weighted by Gasteiger charge is 2.43. The first-order valence-corrected chi connectivity index (χ1v) is 13.6. The summed E-state index contributed by atoms with van der Waals surface area (Å²) in [7, 11) is -5.31. The molecule has 0 atom stereocenters. The van der Waals surface area contributed by atoms with Crippen LogP contribution in [0.5, 0.6) is 0 Å². The number of hydrogen-bond acceptors (Lipinski definition) is 5. The summed E-state index contributed by atoms with van der Waals surface area (Å²) in [4.78, 5) is 26.0. The lowest BCUT2D eigenvalue weighted by Crippen LogP contribution is -2.37. The zero-order valence-electron chi connectivity index (χ0n) is 15.7. The van der Waals surface area contributed by atoms with Crippen LogP contribution in [0.15, 0.2) is 23.2 Å². The number of rotatable bonds is 7. The van der Waals surface area contributed by atoms with E-state index in [0.717, 1.165) is 21.5 Å². The number of aliphatic imine (C=N–C) groups is 1. The smallest absolute Gasteiger partial charge is 0.272 e.